The molecule has 1 amide bonds. The summed E-state index contributed by atoms with van der Waals surface area (Å²) in [5.74, 6) is -4.55. The number of rotatable bonds is 10. The third-order valence-corrected chi connectivity index (χ3v) is 9.53. The van der Waals surface area contributed by atoms with Crippen molar-refractivity contribution in [2.45, 2.75) is 76.2 Å². The second kappa shape index (κ2) is 13.8. The molecule has 2 aromatic carbocycles. The molecule has 248 valence electrons. The van der Waals surface area contributed by atoms with Crippen LogP contribution >= 0.6 is 0 Å². The molecule has 0 aliphatic carbocycles. The Morgan fingerprint density at radius 1 is 1.07 bits per heavy atom. The van der Waals surface area contributed by atoms with Gasteiger partial charge in [-0.25, -0.2) is 4.39 Å². The Bertz CT molecular complexity index is 1360. The number of likely N-dealkylation sites (N-methyl/N-ethyl adjacent to an activating group) is 1. The number of aromatic hydroxyl groups is 1. The lowest BCUT2D eigenvalue weighted by Gasteiger charge is -2.45. The predicted octanol–water partition coefficient (Wildman–Crippen LogP) is 5.39. The maximum atomic E-state index is 15.0. The Morgan fingerprint density at radius 3 is 2.36 bits per heavy atom. The fourth-order valence-corrected chi connectivity index (χ4v) is 7.43. The number of hydrogen-bond donors (Lipinski definition) is 2. The molecule has 2 fully saturated rings. The van der Waals surface area contributed by atoms with Gasteiger partial charge in [0, 0.05) is 43.1 Å². The van der Waals surface area contributed by atoms with Crippen molar-refractivity contribution in [1.82, 2.24) is 14.7 Å². The van der Waals surface area contributed by atoms with E-state index in [9.17, 15) is 37.4 Å². The minimum absolute atomic E-state index is 0.0460. The first-order chi connectivity index (χ1) is 21.0. The third-order valence-electron chi connectivity index (χ3n) is 9.53. The van der Waals surface area contributed by atoms with Gasteiger partial charge in [0.05, 0.1) is 11.5 Å². The normalized spacial score (nSPS) is 23.8. The van der Waals surface area contributed by atoms with E-state index in [0.29, 0.717) is 24.9 Å². The number of hydrogen-bond acceptors (Lipinski definition) is 6. The number of benzene rings is 2. The standard InChI is InChI=1S/C34H45F4N3O4/c1-21-24(12-7-13-27(21)35)30-25(31(43)22-10-6-11-23(42)18-22)19-40(16-8-14-28(39(4)5)33(2,3)45)20-26(30)32(44)41-17-9-15-29(41)34(36,37)38/h6-7,10-13,18,25-26,28-30,42,45H,8-9,14-17,19-20H2,1-5H3/t25-,26+,28?,29-,30+/m0/s1. The van der Waals surface area contributed by atoms with Gasteiger partial charge in [0.1, 0.15) is 17.6 Å². The fourth-order valence-electron chi connectivity index (χ4n) is 7.43. The molecule has 4 rings (SSSR count). The van der Waals surface area contributed by atoms with Crippen molar-refractivity contribution in [1.29, 1.82) is 0 Å². The Balaban J connectivity index is 1.77. The SMILES string of the molecule is Cc1c(F)cccc1[C@@H]1[C@@H](C(=O)c2cccc(O)c2)CN(CCCC(N(C)C)C(C)(C)O)C[C@H]1C(=O)N1CCC[C@H]1C(F)(F)F. The summed E-state index contributed by atoms with van der Waals surface area (Å²) in [5, 5.41) is 20.8. The maximum absolute atomic E-state index is 15.0. The lowest BCUT2D eigenvalue weighted by molar-refractivity contribution is -0.185. The van der Waals surface area contributed by atoms with Gasteiger partial charge in [0.25, 0.3) is 0 Å². The van der Waals surface area contributed by atoms with Gasteiger partial charge in [-0.15, -0.1) is 0 Å². The molecule has 5 atom stereocenters. The Morgan fingerprint density at radius 2 is 1.73 bits per heavy atom. The van der Waals surface area contributed by atoms with Crippen LogP contribution < -0.4 is 0 Å². The van der Waals surface area contributed by atoms with E-state index in [2.05, 4.69) is 0 Å². The summed E-state index contributed by atoms with van der Waals surface area (Å²) in [4.78, 5) is 33.3. The largest absolute Gasteiger partial charge is 0.508 e. The number of carbonyl (C=O) groups is 2. The van der Waals surface area contributed by atoms with Gasteiger partial charge < -0.3 is 24.9 Å². The third kappa shape index (κ3) is 7.86. The lowest BCUT2D eigenvalue weighted by Crippen LogP contribution is -2.56. The summed E-state index contributed by atoms with van der Waals surface area (Å²) in [5.41, 5.74) is -0.115. The molecule has 0 radical (unpaired) electrons. The van der Waals surface area contributed by atoms with Crippen LogP contribution in [0.1, 0.15) is 66.9 Å². The summed E-state index contributed by atoms with van der Waals surface area (Å²) in [6.45, 7) is 5.70. The molecule has 1 unspecified atom stereocenters. The van der Waals surface area contributed by atoms with Crippen LogP contribution in [-0.2, 0) is 4.79 Å². The number of Topliss-reactive ketones (excluding diaryl/α,β-unsaturated/α-hetero) is 1. The molecule has 7 nitrogen and oxygen atoms in total. The van der Waals surface area contributed by atoms with Crippen LogP contribution in [0.3, 0.4) is 0 Å². The van der Waals surface area contributed by atoms with Crippen LogP contribution in [0.4, 0.5) is 17.6 Å². The quantitative estimate of drug-likeness (QED) is 0.269. The van der Waals surface area contributed by atoms with E-state index in [1.54, 1.807) is 32.9 Å². The number of carbonyl (C=O) groups excluding carboxylic acids is 2. The fraction of sp³-hybridized carbons (Fsp3) is 0.588. The topological polar surface area (TPSA) is 84.3 Å². The second-order valence-electron chi connectivity index (χ2n) is 13.4. The van der Waals surface area contributed by atoms with E-state index < -0.39 is 47.3 Å². The van der Waals surface area contributed by atoms with Crippen molar-refractivity contribution in [3.05, 3.63) is 65.0 Å². The van der Waals surface area contributed by atoms with Crippen molar-refractivity contribution >= 4 is 11.7 Å². The predicted molar refractivity (Wildman–Crippen MR) is 164 cm³/mol. The van der Waals surface area contributed by atoms with Crippen LogP contribution in [0.5, 0.6) is 5.75 Å². The van der Waals surface area contributed by atoms with Crippen molar-refractivity contribution in [2.75, 3.05) is 40.3 Å². The lowest BCUT2D eigenvalue weighted by atomic mass is 9.69. The van der Waals surface area contributed by atoms with Crippen molar-refractivity contribution in [3.8, 4) is 5.75 Å². The molecule has 11 heteroatoms. The molecule has 45 heavy (non-hydrogen) atoms. The van der Waals surface area contributed by atoms with Gasteiger partial charge in [0.15, 0.2) is 5.78 Å². The molecule has 0 spiro atoms. The van der Waals surface area contributed by atoms with Crippen LogP contribution in [0.15, 0.2) is 42.5 Å². The van der Waals surface area contributed by atoms with Crippen LogP contribution in [-0.4, -0.2) is 101 Å². The highest BCUT2D eigenvalue weighted by molar-refractivity contribution is 5.99. The second-order valence-corrected chi connectivity index (χ2v) is 13.4. The number of halogens is 4. The summed E-state index contributed by atoms with van der Waals surface area (Å²) in [6, 6.07) is 8.18. The average molecular weight is 636 g/mol. The number of amides is 1. The number of phenols is 1. The number of aliphatic hydroxyl groups is 1. The molecule has 0 aromatic heterocycles. The summed E-state index contributed by atoms with van der Waals surface area (Å²) in [6.07, 6.45) is -3.38. The highest BCUT2D eigenvalue weighted by Gasteiger charge is 2.52. The maximum Gasteiger partial charge on any atom is 0.408 e. The highest BCUT2D eigenvalue weighted by Crippen LogP contribution is 2.44. The highest BCUT2D eigenvalue weighted by atomic mass is 19.4. The van der Waals surface area contributed by atoms with Crippen LogP contribution in [0.25, 0.3) is 0 Å². The number of alkyl halides is 3. The number of piperidine rings is 1. The van der Waals surface area contributed by atoms with E-state index in [4.69, 9.17) is 0 Å². The summed E-state index contributed by atoms with van der Waals surface area (Å²) in [7, 11) is 3.75. The van der Waals surface area contributed by atoms with Gasteiger partial charge in [-0.2, -0.15) is 13.2 Å². The molecule has 2 saturated heterocycles. The van der Waals surface area contributed by atoms with E-state index in [1.807, 2.05) is 23.9 Å². The molecule has 2 aliphatic heterocycles. The summed E-state index contributed by atoms with van der Waals surface area (Å²) >= 11 is 0. The number of ketones is 1. The van der Waals surface area contributed by atoms with Crippen molar-refractivity contribution in [2.24, 2.45) is 11.8 Å². The number of nitrogens with zero attached hydrogens (tertiary/aromatic N) is 3. The zero-order chi connectivity index (χ0) is 33.3. The van der Waals surface area contributed by atoms with Gasteiger partial charge in [-0.05, 0) is 96.4 Å². The number of phenolic OH excluding ortho intramolecular Hbond substituents is 1. The minimum Gasteiger partial charge on any atom is -0.508 e. The molecular weight excluding hydrogens is 590 g/mol. The molecule has 2 heterocycles. The van der Waals surface area contributed by atoms with Gasteiger partial charge in [-0.3, -0.25) is 9.59 Å². The molecule has 0 bridgehead atoms. The Hall–Kier alpha value is -3.02. The zero-order valence-corrected chi connectivity index (χ0v) is 26.6. The molecule has 2 N–H and O–H groups in total. The first-order valence-electron chi connectivity index (χ1n) is 15.6. The number of likely N-dealkylation sites (tertiary alicyclic amines) is 2. The average Bonchev–Trinajstić information content (AvgIpc) is 3.46. The van der Waals surface area contributed by atoms with E-state index in [1.165, 1.54) is 30.3 Å². The van der Waals surface area contributed by atoms with Crippen molar-refractivity contribution < 1.29 is 37.4 Å². The van der Waals surface area contributed by atoms with Gasteiger partial charge in [-0.1, -0.05) is 24.3 Å². The smallest absolute Gasteiger partial charge is 0.408 e. The monoisotopic (exact) mass is 635 g/mol. The van der Waals surface area contributed by atoms with E-state index >= 15 is 0 Å². The molecule has 2 aromatic rings. The first kappa shape index (κ1) is 34.8. The van der Waals surface area contributed by atoms with Crippen LogP contribution in [0.2, 0.25) is 0 Å². The van der Waals surface area contributed by atoms with E-state index in [-0.39, 0.29) is 61.2 Å². The molecule has 2 aliphatic rings. The van der Waals surface area contributed by atoms with Crippen molar-refractivity contribution in [3.63, 3.8) is 0 Å². The summed E-state index contributed by atoms with van der Waals surface area (Å²) < 4.78 is 57.2. The minimum atomic E-state index is -4.60. The molecular formula is C34H45F4N3O4. The zero-order valence-electron chi connectivity index (χ0n) is 26.6. The Kier molecular flexibility index (Phi) is 10.7. The van der Waals surface area contributed by atoms with Gasteiger partial charge >= 0.3 is 6.18 Å². The van der Waals surface area contributed by atoms with Crippen LogP contribution in [0, 0.1) is 24.6 Å². The Labute approximate surface area is 262 Å². The van der Waals surface area contributed by atoms with E-state index in [0.717, 1.165) is 4.90 Å². The van der Waals surface area contributed by atoms with Gasteiger partial charge in [0.2, 0.25) is 5.91 Å². The molecule has 0 saturated carbocycles. The first-order valence-corrected chi connectivity index (χ1v) is 15.6.